The van der Waals surface area contributed by atoms with E-state index < -0.39 is 30.0 Å². The first-order valence-electron chi connectivity index (χ1n) is 12.6. The summed E-state index contributed by atoms with van der Waals surface area (Å²) in [5, 5.41) is 13.4. The summed E-state index contributed by atoms with van der Waals surface area (Å²) < 4.78 is 80.6. The summed E-state index contributed by atoms with van der Waals surface area (Å²) in [5.41, 5.74) is 1.84. The molecule has 0 atom stereocenters. The number of alkyl halides is 6. The molecule has 4 rings (SSSR count). The number of aromatic nitrogens is 1. The van der Waals surface area contributed by atoms with Crippen molar-refractivity contribution in [1.29, 1.82) is 0 Å². The van der Waals surface area contributed by atoms with Crippen LogP contribution in [0.25, 0.3) is 11.3 Å². The zero-order chi connectivity index (χ0) is 31.2. The summed E-state index contributed by atoms with van der Waals surface area (Å²) in [6.45, 7) is 0.452. The van der Waals surface area contributed by atoms with Gasteiger partial charge in [0.15, 0.2) is 5.13 Å². The zero-order valence-corrected chi connectivity index (χ0v) is 22.9. The molecule has 2 N–H and O–H groups in total. The smallest absolute Gasteiger partial charge is 0.481 e. The molecular weight excluding hydrogens is 600 g/mol. The molecule has 7 nitrogen and oxygen atoms in total. The van der Waals surface area contributed by atoms with Gasteiger partial charge in [-0.05, 0) is 47.5 Å². The van der Waals surface area contributed by atoms with Crippen LogP contribution in [0, 0.1) is 0 Å². The molecule has 0 fully saturated rings. The summed E-state index contributed by atoms with van der Waals surface area (Å²) >= 11 is 1.24. The molecule has 43 heavy (non-hydrogen) atoms. The van der Waals surface area contributed by atoms with Crippen molar-refractivity contribution in [3.63, 3.8) is 0 Å². The maximum atomic E-state index is 13.0. The summed E-state index contributed by atoms with van der Waals surface area (Å²) in [5.74, 6) is -1.85. The lowest BCUT2D eigenvalue weighted by molar-refractivity contribution is -0.274. The Hall–Kier alpha value is -4.59. The predicted octanol–water partition coefficient (Wildman–Crippen LogP) is 7.14. The minimum absolute atomic E-state index is 0.0260. The first-order chi connectivity index (χ1) is 20.3. The van der Waals surface area contributed by atoms with Crippen molar-refractivity contribution in [2.75, 3.05) is 11.4 Å². The Kier molecular flexibility index (Phi) is 9.59. The van der Waals surface area contributed by atoms with Gasteiger partial charge in [-0.25, -0.2) is 4.98 Å². The number of rotatable bonds is 11. The van der Waals surface area contributed by atoms with Gasteiger partial charge < -0.3 is 20.1 Å². The molecule has 226 valence electrons. The number of ether oxygens (including phenoxy) is 1. The highest BCUT2D eigenvalue weighted by Crippen LogP contribution is 2.33. The number of carbonyl (C=O) groups excluding carboxylic acids is 1. The fourth-order valence-electron chi connectivity index (χ4n) is 3.95. The highest BCUT2D eigenvalue weighted by molar-refractivity contribution is 7.14. The standard InChI is InChI=1S/C29H23F6N3O4S/c30-28(31,32)22-9-7-20(8-10-22)24-17-43-27(37-24)38(16-19-3-11-23(12-4-19)42-29(33,34)35)15-18-1-5-21(6-2-18)26(41)36-14-13-25(39)40/h1-12,17H,13-16H2,(H,36,41)(H,39,40). The lowest BCUT2D eigenvalue weighted by Crippen LogP contribution is -2.26. The fraction of sp³-hybridized carbons (Fsp3) is 0.207. The number of hydrogen-bond donors (Lipinski definition) is 2. The van der Waals surface area contributed by atoms with Gasteiger partial charge in [0.25, 0.3) is 5.91 Å². The van der Waals surface area contributed by atoms with E-state index in [4.69, 9.17) is 5.11 Å². The molecule has 0 aliphatic rings. The average Bonchev–Trinajstić information content (AvgIpc) is 3.43. The van der Waals surface area contributed by atoms with E-state index in [0.717, 1.165) is 17.7 Å². The average molecular weight is 624 g/mol. The van der Waals surface area contributed by atoms with Crippen LogP contribution in [0.1, 0.15) is 33.5 Å². The zero-order valence-electron chi connectivity index (χ0n) is 22.1. The van der Waals surface area contributed by atoms with Crippen LogP contribution >= 0.6 is 11.3 Å². The first kappa shape index (κ1) is 31.3. The first-order valence-corrected chi connectivity index (χ1v) is 13.5. The Labute approximate surface area is 245 Å². The fourth-order valence-corrected chi connectivity index (χ4v) is 4.78. The molecule has 3 aromatic carbocycles. The van der Waals surface area contributed by atoms with Crippen LogP contribution < -0.4 is 15.0 Å². The van der Waals surface area contributed by atoms with Crippen molar-refractivity contribution >= 4 is 28.3 Å². The quantitative estimate of drug-likeness (QED) is 0.173. The normalized spacial score (nSPS) is 11.7. The molecule has 1 amide bonds. The van der Waals surface area contributed by atoms with Crippen molar-refractivity contribution in [1.82, 2.24) is 10.3 Å². The number of nitrogens with one attached hydrogen (secondary N) is 1. The Morgan fingerprint density at radius 3 is 1.98 bits per heavy atom. The van der Waals surface area contributed by atoms with Crippen LogP contribution in [0.15, 0.2) is 78.2 Å². The molecule has 0 radical (unpaired) electrons. The second-order valence-corrected chi connectivity index (χ2v) is 10.1. The van der Waals surface area contributed by atoms with Gasteiger partial charge >= 0.3 is 18.5 Å². The minimum Gasteiger partial charge on any atom is -0.481 e. The number of halogens is 6. The van der Waals surface area contributed by atoms with Crippen molar-refractivity contribution in [3.8, 4) is 17.0 Å². The summed E-state index contributed by atoms with van der Waals surface area (Å²) in [6, 6.07) is 16.5. The highest BCUT2D eigenvalue weighted by atomic mass is 32.1. The SMILES string of the molecule is O=C(O)CCNC(=O)c1ccc(CN(Cc2ccc(OC(F)(F)F)cc2)c2nc(-c3ccc(C(F)(F)F)cc3)cs2)cc1. The van der Waals surface area contributed by atoms with Gasteiger partial charge in [-0.2, -0.15) is 13.2 Å². The Balaban J connectivity index is 1.55. The molecule has 0 saturated carbocycles. The molecule has 0 saturated heterocycles. The topological polar surface area (TPSA) is 91.8 Å². The monoisotopic (exact) mass is 623 g/mol. The van der Waals surface area contributed by atoms with E-state index in [1.165, 1.54) is 47.7 Å². The largest absolute Gasteiger partial charge is 0.573 e. The molecular formula is C29H23F6N3O4S. The lowest BCUT2D eigenvalue weighted by atomic mass is 10.1. The van der Waals surface area contributed by atoms with Gasteiger partial charge in [0.05, 0.1) is 17.7 Å². The number of carbonyl (C=O) groups is 2. The molecule has 0 bridgehead atoms. The molecule has 14 heteroatoms. The summed E-state index contributed by atoms with van der Waals surface area (Å²) in [6.07, 6.45) is -9.52. The third kappa shape index (κ3) is 9.20. The number of benzene rings is 3. The van der Waals surface area contributed by atoms with Crippen molar-refractivity contribution in [3.05, 3.63) is 100 Å². The number of anilines is 1. The number of hydrogen-bond acceptors (Lipinski definition) is 6. The van der Waals surface area contributed by atoms with Crippen LogP contribution in [-0.4, -0.2) is 34.9 Å². The molecule has 0 spiro atoms. The maximum absolute atomic E-state index is 13.0. The summed E-state index contributed by atoms with van der Waals surface area (Å²) in [4.78, 5) is 29.4. The molecule has 0 aliphatic heterocycles. The van der Waals surface area contributed by atoms with E-state index in [2.05, 4.69) is 15.0 Å². The number of carboxylic acid groups (broad SMARTS) is 1. The van der Waals surface area contributed by atoms with Crippen molar-refractivity contribution in [2.24, 2.45) is 0 Å². The molecule has 4 aromatic rings. The number of amides is 1. The van der Waals surface area contributed by atoms with Gasteiger partial charge in [0.1, 0.15) is 5.75 Å². The Bertz CT molecular complexity index is 1540. The van der Waals surface area contributed by atoms with Crippen molar-refractivity contribution in [2.45, 2.75) is 32.0 Å². The number of nitrogens with zero attached hydrogens (tertiary/aromatic N) is 2. The van der Waals surface area contributed by atoms with E-state index >= 15 is 0 Å². The maximum Gasteiger partial charge on any atom is 0.573 e. The van der Waals surface area contributed by atoms with Gasteiger partial charge in [-0.15, -0.1) is 24.5 Å². The highest BCUT2D eigenvalue weighted by Gasteiger charge is 2.31. The van der Waals surface area contributed by atoms with Gasteiger partial charge in [-0.1, -0.05) is 36.4 Å². The van der Waals surface area contributed by atoms with Gasteiger partial charge in [-0.3, -0.25) is 9.59 Å². The van der Waals surface area contributed by atoms with Crippen LogP contribution in [0.3, 0.4) is 0 Å². The minimum atomic E-state index is -4.83. The second-order valence-electron chi connectivity index (χ2n) is 9.23. The summed E-state index contributed by atoms with van der Waals surface area (Å²) in [7, 11) is 0. The molecule has 0 unspecified atom stereocenters. The van der Waals surface area contributed by atoms with Crippen LogP contribution in [0.4, 0.5) is 31.5 Å². The lowest BCUT2D eigenvalue weighted by Gasteiger charge is -2.22. The van der Waals surface area contributed by atoms with E-state index in [1.807, 2.05) is 4.90 Å². The van der Waals surface area contributed by atoms with E-state index in [-0.39, 0.29) is 31.8 Å². The number of carboxylic acids is 1. The second kappa shape index (κ2) is 13.2. The van der Waals surface area contributed by atoms with Crippen LogP contribution in [0.5, 0.6) is 5.75 Å². The third-order valence-electron chi connectivity index (χ3n) is 6.01. The Morgan fingerprint density at radius 2 is 1.44 bits per heavy atom. The number of thiazole rings is 1. The van der Waals surface area contributed by atoms with Crippen molar-refractivity contribution < 1.29 is 45.8 Å². The predicted molar refractivity (Wildman–Crippen MR) is 147 cm³/mol. The number of aliphatic carboxylic acids is 1. The van der Waals surface area contributed by atoms with E-state index in [0.29, 0.717) is 27.5 Å². The molecule has 1 heterocycles. The van der Waals surface area contributed by atoms with Crippen LogP contribution in [-0.2, 0) is 24.1 Å². The third-order valence-corrected chi connectivity index (χ3v) is 6.92. The van der Waals surface area contributed by atoms with Crippen LogP contribution in [0.2, 0.25) is 0 Å². The van der Waals surface area contributed by atoms with E-state index in [1.54, 1.807) is 29.6 Å². The van der Waals surface area contributed by atoms with Gasteiger partial charge in [0.2, 0.25) is 0 Å². The van der Waals surface area contributed by atoms with Gasteiger partial charge in [0, 0.05) is 36.1 Å². The van der Waals surface area contributed by atoms with E-state index in [9.17, 15) is 35.9 Å². The Morgan fingerprint density at radius 1 is 0.860 bits per heavy atom. The molecule has 0 aliphatic carbocycles. The molecule has 1 aromatic heterocycles.